The van der Waals surface area contributed by atoms with E-state index in [1.165, 1.54) is 21.7 Å². The maximum atomic E-state index is 8.83. The van der Waals surface area contributed by atoms with Gasteiger partial charge in [-0.25, -0.2) is 0 Å². The number of benzene rings is 1. The van der Waals surface area contributed by atoms with Crippen LogP contribution in [0.2, 0.25) is 0 Å². The van der Waals surface area contributed by atoms with Crippen LogP contribution in [0.1, 0.15) is 5.56 Å². The van der Waals surface area contributed by atoms with Crippen molar-refractivity contribution in [3.8, 4) is 11.3 Å². The summed E-state index contributed by atoms with van der Waals surface area (Å²) in [5.41, 5.74) is 3.84. The van der Waals surface area contributed by atoms with Crippen molar-refractivity contribution in [1.82, 2.24) is 0 Å². The van der Waals surface area contributed by atoms with E-state index in [4.69, 9.17) is 18.6 Å². The summed E-state index contributed by atoms with van der Waals surface area (Å²) >= 11 is 1.78. The Morgan fingerprint density at radius 2 is 1.67 bits per heavy atom. The van der Waals surface area contributed by atoms with Gasteiger partial charge in [0.1, 0.15) is 0 Å². The Bertz CT molecular complexity index is 716. The Morgan fingerprint density at radius 3 is 2.29 bits per heavy atom. The minimum absolute atomic E-state index is 1.26. The van der Waals surface area contributed by atoms with Gasteiger partial charge < -0.3 is 0 Å². The number of aromatic nitrogens is 1. The molecule has 0 saturated carbocycles. The van der Waals surface area contributed by atoms with E-state index in [0.29, 0.717) is 0 Å². The molecule has 0 unspecified atom stereocenters. The molecular formula is C14H15ClNO4S+. The number of nitrogens with zero attached hydrogens (tertiary/aromatic N) is 1. The maximum absolute atomic E-state index is 8.83. The summed E-state index contributed by atoms with van der Waals surface area (Å²) in [6.07, 6.45) is 2.11. The van der Waals surface area contributed by atoms with Crippen LogP contribution in [-0.2, 0) is 0 Å². The number of hydrogen-bond acceptors (Lipinski definition) is 5. The third kappa shape index (κ3) is 4.75. The first kappa shape index (κ1) is 15.8. The zero-order chi connectivity index (χ0) is 15.5. The van der Waals surface area contributed by atoms with E-state index in [-0.39, 0.29) is 0 Å². The summed E-state index contributed by atoms with van der Waals surface area (Å²) in [6.45, 7) is 2.11. The Hall–Kier alpha value is -1.54. The third-order valence-corrected chi connectivity index (χ3v) is 3.64. The topological polar surface area (TPSA) is 87.9 Å². The normalized spacial score (nSPS) is 11.9. The van der Waals surface area contributed by atoms with E-state index in [1.807, 2.05) is 0 Å². The van der Waals surface area contributed by atoms with Crippen LogP contribution in [0.25, 0.3) is 16.1 Å². The van der Waals surface area contributed by atoms with Gasteiger partial charge in [0.25, 0.3) is 4.83 Å². The number of rotatable bonds is 1. The van der Waals surface area contributed by atoms with Crippen molar-refractivity contribution < 1.29 is 33.3 Å². The molecule has 0 fully saturated rings. The van der Waals surface area contributed by atoms with Crippen LogP contribution >= 0.6 is 11.3 Å². The van der Waals surface area contributed by atoms with Crippen LogP contribution in [-0.4, -0.2) is 14.0 Å². The summed E-state index contributed by atoms with van der Waals surface area (Å²) < 4.78 is 32.5. The van der Waals surface area contributed by atoms with Crippen molar-refractivity contribution in [2.75, 3.05) is 0 Å². The molecule has 0 radical (unpaired) electrons. The SMILES string of the molecule is Cc1ccc(-c2csc3cccc[n+]23)cc1.[O-][Cl+](O)(O)O. The van der Waals surface area contributed by atoms with Gasteiger partial charge in [-0.3, -0.25) is 0 Å². The molecule has 2 aromatic heterocycles. The predicted octanol–water partition coefficient (Wildman–Crippen LogP) is 0.602. The molecule has 0 aliphatic carbocycles. The fourth-order valence-electron chi connectivity index (χ4n) is 1.83. The number of fused-ring (bicyclic) bond motifs is 1. The molecule has 7 heteroatoms. The number of pyridine rings is 1. The molecule has 3 aromatic rings. The number of aryl methyl sites for hydroxylation is 1. The van der Waals surface area contributed by atoms with E-state index in [1.54, 1.807) is 11.3 Å². The molecular weight excluding hydrogens is 314 g/mol. The van der Waals surface area contributed by atoms with Crippen molar-refractivity contribution in [2.24, 2.45) is 0 Å². The standard InChI is InChI=1S/C14H12NS.ClH3O4/c1-11-5-7-12(8-6-11)13-10-16-14-4-2-3-9-15(13)14;2-1(3,4)5/h2-10H,1H3;2-4H/q+1;. The van der Waals surface area contributed by atoms with Crippen LogP contribution in [0.5, 0.6) is 0 Å². The first-order valence-electron chi connectivity index (χ1n) is 5.96. The first-order valence-corrected chi connectivity index (χ1v) is 8.16. The van der Waals surface area contributed by atoms with E-state index in [9.17, 15) is 0 Å². The number of hydrogen-bond donors (Lipinski definition) is 3. The van der Waals surface area contributed by atoms with Crippen LogP contribution < -0.4 is 9.06 Å². The van der Waals surface area contributed by atoms with E-state index in [0.717, 1.165) is 0 Å². The Morgan fingerprint density at radius 1 is 1.05 bits per heavy atom. The Labute approximate surface area is 127 Å². The van der Waals surface area contributed by atoms with E-state index in [2.05, 4.69) is 65.4 Å². The molecule has 1 aromatic carbocycles. The van der Waals surface area contributed by atoms with Crippen LogP contribution in [0, 0.1) is 17.2 Å². The van der Waals surface area contributed by atoms with Gasteiger partial charge in [-0.05, 0) is 25.1 Å². The van der Waals surface area contributed by atoms with E-state index < -0.39 is 10.2 Å². The Balaban J connectivity index is 0.000000282. The first-order chi connectivity index (χ1) is 9.84. The quantitative estimate of drug-likeness (QED) is 0.571. The minimum atomic E-state index is -4.19. The number of halogens is 1. The third-order valence-electron chi connectivity index (χ3n) is 2.72. The average Bonchev–Trinajstić information content (AvgIpc) is 2.82. The van der Waals surface area contributed by atoms with Crippen molar-refractivity contribution in [1.29, 1.82) is 0 Å². The molecule has 0 bridgehead atoms. The second-order valence-corrected chi connectivity index (χ2v) is 6.09. The molecule has 3 rings (SSSR count). The Kier molecular flexibility index (Phi) is 4.89. The second-order valence-electron chi connectivity index (χ2n) is 4.33. The average molecular weight is 329 g/mol. The van der Waals surface area contributed by atoms with Gasteiger partial charge in [0.2, 0.25) is 5.69 Å². The summed E-state index contributed by atoms with van der Waals surface area (Å²) in [6, 6.07) is 14.9. The predicted molar refractivity (Wildman–Crippen MR) is 74.3 cm³/mol. The second kappa shape index (κ2) is 6.48. The summed E-state index contributed by atoms with van der Waals surface area (Å²) in [4.78, 5) is 1.28. The summed E-state index contributed by atoms with van der Waals surface area (Å²) in [7, 11) is -4.19. The molecule has 21 heavy (non-hydrogen) atoms. The molecule has 0 saturated heterocycles. The molecule has 112 valence electrons. The molecule has 0 aliphatic rings. The fourth-order valence-corrected chi connectivity index (χ4v) is 2.74. The zero-order valence-corrected chi connectivity index (χ0v) is 12.8. The fraction of sp³-hybridized carbons (Fsp3) is 0.0714. The molecule has 0 spiro atoms. The van der Waals surface area contributed by atoms with Crippen LogP contribution in [0.3, 0.4) is 0 Å². The van der Waals surface area contributed by atoms with Crippen LogP contribution in [0.4, 0.5) is 0 Å². The number of thiazole rings is 1. The van der Waals surface area contributed by atoms with Gasteiger partial charge >= 0.3 is 28.9 Å². The van der Waals surface area contributed by atoms with Crippen LogP contribution in [0.15, 0.2) is 54.0 Å². The molecule has 0 atom stereocenters. The molecule has 2 heterocycles. The summed E-state index contributed by atoms with van der Waals surface area (Å²) in [5, 5.41) is 2.21. The summed E-state index contributed by atoms with van der Waals surface area (Å²) in [5.74, 6) is 0. The zero-order valence-electron chi connectivity index (χ0n) is 11.2. The van der Waals surface area contributed by atoms with Gasteiger partial charge in [0, 0.05) is 17.7 Å². The molecule has 0 aliphatic heterocycles. The van der Waals surface area contributed by atoms with Gasteiger partial charge in [0.05, 0.1) is 5.38 Å². The van der Waals surface area contributed by atoms with E-state index >= 15 is 0 Å². The van der Waals surface area contributed by atoms with Crippen molar-refractivity contribution in [2.45, 2.75) is 6.92 Å². The van der Waals surface area contributed by atoms with Crippen molar-refractivity contribution >= 4 is 16.2 Å². The van der Waals surface area contributed by atoms with Gasteiger partial charge in [-0.15, -0.1) is 0 Å². The van der Waals surface area contributed by atoms with Gasteiger partial charge in [-0.2, -0.15) is 4.40 Å². The van der Waals surface area contributed by atoms with Gasteiger partial charge in [0.15, 0.2) is 6.20 Å². The molecule has 3 N–H and O–H groups in total. The monoisotopic (exact) mass is 328 g/mol. The van der Waals surface area contributed by atoms with Gasteiger partial charge in [-0.1, -0.05) is 29.0 Å². The van der Waals surface area contributed by atoms with Crippen molar-refractivity contribution in [3.05, 3.63) is 59.6 Å². The molecule has 0 amide bonds. The molecule has 5 nitrogen and oxygen atoms in total. The van der Waals surface area contributed by atoms with Crippen molar-refractivity contribution in [3.63, 3.8) is 0 Å².